The Labute approximate surface area is 81.5 Å². The fourth-order valence-corrected chi connectivity index (χ4v) is 1.23. The van der Waals surface area contributed by atoms with Crippen molar-refractivity contribution in [3.63, 3.8) is 0 Å². The summed E-state index contributed by atoms with van der Waals surface area (Å²) in [5.74, 6) is -0.237. The second-order valence-electron chi connectivity index (χ2n) is 3.05. The molecule has 0 saturated heterocycles. The predicted octanol–water partition coefficient (Wildman–Crippen LogP) is 2.59. The number of hydrogen-bond donors (Lipinski definition) is 0. The van der Waals surface area contributed by atoms with Crippen LogP contribution in [0.15, 0.2) is 36.7 Å². The number of hydrogen-bond acceptors (Lipinski definition) is 2. The minimum atomic E-state index is -0.237. The minimum absolute atomic E-state index is 0.237. The van der Waals surface area contributed by atoms with Gasteiger partial charge in [-0.2, -0.15) is 0 Å². The van der Waals surface area contributed by atoms with E-state index in [1.807, 2.05) is 13.0 Å². The summed E-state index contributed by atoms with van der Waals surface area (Å²) in [5, 5.41) is 0. The van der Waals surface area contributed by atoms with E-state index in [-0.39, 0.29) is 5.82 Å². The van der Waals surface area contributed by atoms with Crippen molar-refractivity contribution in [2.45, 2.75) is 6.92 Å². The van der Waals surface area contributed by atoms with E-state index in [1.165, 1.54) is 18.5 Å². The maximum Gasteiger partial charge on any atom is 0.123 e. The van der Waals surface area contributed by atoms with Crippen LogP contribution >= 0.6 is 0 Å². The summed E-state index contributed by atoms with van der Waals surface area (Å²) in [6, 6.07) is 8.13. The van der Waals surface area contributed by atoms with Crippen molar-refractivity contribution in [3.8, 4) is 11.3 Å². The van der Waals surface area contributed by atoms with Crippen LogP contribution < -0.4 is 0 Å². The molecular weight excluding hydrogens is 179 g/mol. The van der Waals surface area contributed by atoms with Gasteiger partial charge in [-0.1, -0.05) is 0 Å². The van der Waals surface area contributed by atoms with Gasteiger partial charge in [-0.15, -0.1) is 0 Å². The van der Waals surface area contributed by atoms with E-state index in [9.17, 15) is 4.39 Å². The molecule has 1 aromatic carbocycles. The first-order valence-electron chi connectivity index (χ1n) is 4.30. The summed E-state index contributed by atoms with van der Waals surface area (Å²) >= 11 is 0. The summed E-state index contributed by atoms with van der Waals surface area (Å²) < 4.78 is 12.6. The van der Waals surface area contributed by atoms with Crippen LogP contribution in [-0.2, 0) is 0 Å². The lowest BCUT2D eigenvalue weighted by Gasteiger charge is -2.00. The first-order chi connectivity index (χ1) is 6.75. The molecule has 70 valence electrons. The third-order valence-corrected chi connectivity index (χ3v) is 1.94. The maximum absolute atomic E-state index is 12.6. The molecule has 0 bridgehead atoms. The van der Waals surface area contributed by atoms with Crippen LogP contribution in [0.1, 0.15) is 5.69 Å². The van der Waals surface area contributed by atoms with Gasteiger partial charge in [-0.3, -0.25) is 0 Å². The van der Waals surface area contributed by atoms with Gasteiger partial charge in [0.15, 0.2) is 0 Å². The summed E-state index contributed by atoms with van der Waals surface area (Å²) in [4.78, 5) is 8.10. The highest BCUT2D eigenvalue weighted by atomic mass is 19.1. The van der Waals surface area contributed by atoms with Crippen molar-refractivity contribution in [3.05, 3.63) is 48.2 Å². The van der Waals surface area contributed by atoms with E-state index in [4.69, 9.17) is 0 Å². The Morgan fingerprint density at radius 2 is 1.79 bits per heavy atom. The monoisotopic (exact) mass is 188 g/mol. The second-order valence-corrected chi connectivity index (χ2v) is 3.05. The van der Waals surface area contributed by atoms with Crippen LogP contribution in [0.5, 0.6) is 0 Å². The van der Waals surface area contributed by atoms with Gasteiger partial charge < -0.3 is 0 Å². The molecule has 1 heterocycles. The molecule has 0 aliphatic rings. The lowest BCUT2D eigenvalue weighted by Crippen LogP contribution is -1.87. The van der Waals surface area contributed by atoms with E-state index >= 15 is 0 Å². The average Bonchev–Trinajstić information content (AvgIpc) is 2.19. The van der Waals surface area contributed by atoms with Gasteiger partial charge in [0.25, 0.3) is 0 Å². The smallest absolute Gasteiger partial charge is 0.123 e. The fourth-order valence-electron chi connectivity index (χ4n) is 1.23. The van der Waals surface area contributed by atoms with E-state index in [2.05, 4.69) is 9.97 Å². The van der Waals surface area contributed by atoms with Gasteiger partial charge in [-0.05, 0) is 37.3 Å². The summed E-state index contributed by atoms with van der Waals surface area (Å²) in [6.07, 6.45) is 1.51. The Morgan fingerprint density at radius 1 is 1.07 bits per heavy atom. The van der Waals surface area contributed by atoms with Crippen molar-refractivity contribution in [1.82, 2.24) is 9.97 Å². The molecule has 0 aliphatic carbocycles. The van der Waals surface area contributed by atoms with E-state index in [0.717, 1.165) is 17.0 Å². The lowest BCUT2D eigenvalue weighted by atomic mass is 10.1. The van der Waals surface area contributed by atoms with Crippen LogP contribution in [0, 0.1) is 12.7 Å². The molecule has 0 unspecified atom stereocenters. The van der Waals surface area contributed by atoms with Gasteiger partial charge >= 0.3 is 0 Å². The molecule has 0 atom stereocenters. The molecule has 1 aromatic heterocycles. The summed E-state index contributed by atoms with van der Waals surface area (Å²) in [7, 11) is 0. The van der Waals surface area contributed by atoms with Gasteiger partial charge in [0.05, 0.1) is 5.69 Å². The van der Waals surface area contributed by atoms with Crippen molar-refractivity contribution < 1.29 is 4.39 Å². The highest BCUT2D eigenvalue weighted by molar-refractivity contribution is 5.58. The quantitative estimate of drug-likeness (QED) is 0.687. The molecule has 0 aliphatic heterocycles. The number of halogens is 1. The van der Waals surface area contributed by atoms with Gasteiger partial charge in [0.2, 0.25) is 0 Å². The normalized spacial score (nSPS) is 10.1. The zero-order valence-electron chi connectivity index (χ0n) is 7.74. The van der Waals surface area contributed by atoms with Crippen LogP contribution in [0.4, 0.5) is 4.39 Å². The zero-order chi connectivity index (χ0) is 9.97. The third kappa shape index (κ3) is 1.76. The molecular formula is C11H9FN2. The highest BCUT2D eigenvalue weighted by Crippen LogP contribution is 2.16. The number of rotatable bonds is 1. The minimum Gasteiger partial charge on any atom is -0.242 e. The number of aromatic nitrogens is 2. The average molecular weight is 188 g/mol. The molecule has 2 aromatic rings. The lowest BCUT2D eigenvalue weighted by molar-refractivity contribution is 0.628. The van der Waals surface area contributed by atoms with Gasteiger partial charge in [0, 0.05) is 11.3 Å². The molecule has 14 heavy (non-hydrogen) atoms. The molecule has 3 heteroatoms. The summed E-state index contributed by atoms with van der Waals surface area (Å²) in [6.45, 7) is 1.90. The number of benzene rings is 1. The standard InChI is InChI=1S/C11H9FN2/c1-8-6-11(14-7-13-8)9-2-4-10(12)5-3-9/h2-7H,1H3. The van der Waals surface area contributed by atoms with E-state index in [1.54, 1.807) is 12.1 Å². The molecule has 0 N–H and O–H groups in total. The molecule has 2 nitrogen and oxygen atoms in total. The third-order valence-electron chi connectivity index (χ3n) is 1.94. The molecule has 2 rings (SSSR count). The van der Waals surface area contributed by atoms with Crippen LogP contribution in [-0.4, -0.2) is 9.97 Å². The number of aryl methyl sites for hydroxylation is 1. The largest absolute Gasteiger partial charge is 0.242 e. The van der Waals surface area contributed by atoms with Crippen molar-refractivity contribution in [2.24, 2.45) is 0 Å². The van der Waals surface area contributed by atoms with E-state index < -0.39 is 0 Å². The molecule has 0 amide bonds. The van der Waals surface area contributed by atoms with Crippen molar-refractivity contribution in [2.75, 3.05) is 0 Å². The molecule has 0 spiro atoms. The Hall–Kier alpha value is -1.77. The van der Waals surface area contributed by atoms with Gasteiger partial charge in [0.1, 0.15) is 12.1 Å². The Bertz CT molecular complexity index is 437. The maximum atomic E-state index is 12.6. The fraction of sp³-hybridized carbons (Fsp3) is 0.0909. The zero-order valence-corrected chi connectivity index (χ0v) is 7.74. The summed E-state index contributed by atoms with van der Waals surface area (Å²) in [5.41, 5.74) is 2.62. The molecule has 0 fully saturated rings. The van der Waals surface area contributed by atoms with Gasteiger partial charge in [-0.25, -0.2) is 14.4 Å². The Morgan fingerprint density at radius 3 is 2.43 bits per heavy atom. The Kier molecular flexibility index (Phi) is 2.23. The molecule has 0 saturated carbocycles. The predicted molar refractivity (Wildman–Crippen MR) is 52.2 cm³/mol. The Balaban J connectivity index is 2.44. The van der Waals surface area contributed by atoms with Crippen molar-refractivity contribution >= 4 is 0 Å². The second kappa shape index (κ2) is 3.54. The van der Waals surface area contributed by atoms with Crippen LogP contribution in [0.25, 0.3) is 11.3 Å². The highest BCUT2D eigenvalue weighted by Gasteiger charge is 1.99. The van der Waals surface area contributed by atoms with E-state index in [0.29, 0.717) is 0 Å². The first-order valence-corrected chi connectivity index (χ1v) is 4.30. The SMILES string of the molecule is Cc1cc(-c2ccc(F)cc2)ncn1. The number of nitrogens with zero attached hydrogens (tertiary/aromatic N) is 2. The van der Waals surface area contributed by atoms with Crippen molar-refractivity contribution in [1.29, 1.82) is 0 Å². The van der Waals surface area contributed by atoms with Crippen LogP contribution in [0.3, 0.4) is 0 Å². The first kappa shape index (κ1) is 8.81. The topological polar surface area (TPSA) is 25.8 Å². The van der Waals surface area contributed by atoms with Crippen LogP contribution in [0.2, 0.25) is 0 Å². The molecule has 0 radical (unpaired) electrons.